The molecule has 2 heteroatoms. The maximum Gasteiger partial charge on any atom is 0.0720 e. The van der Waals surface area contributed by atoms with E-state index in [1.54, 1.807) is 0 Å². The van der Waals surface area contributed by atoms with Gasteiger partial charge in [0, 0.05) is 6.61 Å². The molecular formula is C19H38O2. The highest BCUT2D eigenvalue weighted by molar-refractivity contribution is 4.88. The lowest BCUT2D eigenvalue weighted by atomic mass is 10.1. The molecule has 1 atom stereocenters. The number of hydrogen-bond donors (Lipinski definition) is 2. The van der Waals surface area contributed by atoms with Gasteiger partial charge in [-0.2, -0.15) is 0 Å². The number of aliphatic hydroxyl groups is 2. The van der Waals surface area contributed by atoms with E-state index in [0.717, 1.165) is 32.1 Å². The quantitative estimate of drug-likeness (QED) is 0.297. The van der Waals surface area contributed by atoms with Crippen molar-refractivity contribution in [3.05, 3.63) is 12.2 Å². The van der Waals surface area contributed by atoms with Crippen LogP contribution in [0.15, 0.2) is 12.2 Å². The maximum absolute atomic E-state index is 9.66. The van der Waals surface area contributed by atoms with Gasteiger partial charge in [-0.25, -0.2) is 0 Å². The highest BCUT2D eigenvalue weighted by Gasteiger charge is 1.96. The molecule has 0 fully saturated rings. The van der Waals surface area contributed by atoms with Crippen LogP contribution in [-0.2, 0) is 0 Å². The zero-order valence-electron chi connectivity index (χ0n) is 14.2. The highest BCUT2D eigenvalue weighted by atomic mass is 16.3. The Hall–Kier alpha value is -0.340. The van der Waals surface area contributed by atoms with E-state index in [-0.39, 0.29) is 6.10 Å². The van der Waals surface area contributed by atoms with Crippen molar-refractivity contribution in [2.24, 2.45) is 0 Å². The summed E-state index contributed by atoms with van der Waals surface area (Å²) in [5.74, 6) is 0. The minimum absolute atomic E-state index is 0.226. The van der Waals surface area contributed by atoms with Gasteiger partial charge < -0.3 is 10.2 Å². The lowest BCUT2D eigenvalue weighted by Crippen LogP contribution is -2.00. The summed E-state index contributed by atoms with van der Waals surface area (Å²) >= 11 is 0. The van der Waals surface area contributed by atoms with Crippen LogP contribution in [0.3, 0.4) is 0 Å². The maximum atomic E-state index is 9.66. The third-order valence-corrected chi connectivity index (χ3v) is 3.99. The van der Waals surface area contributed by atoms with Crippen molar-refractivity contribution in [3.8, 4) is 0 Å². The second kappa shape index (κ2) is 17.7. The van der Waals surface area contributed by atoms with Crippen LogP contribution in [0, 0.1) is 0 Å². The number of allylic oxidation sites excluding steroid dienone is 1. The zero-order valence-corrected chi connectivity index (χ0v) is 14.2. The summed E-state index contributed by atoms with van der Waals surface area (Å²) < 4.78 is 0. The van der Waals surface area contributed by atoms with E-state index in [9.17, 15) is 5.11 Å². The average Bonchev–Trinajstić information content (AvgIpc) is 2.49. The molecule has 0 spiro atoms. The van der Waals surface area contributed by atoms with Gasteiger partial charge in [-0.05, 0) is 25.7 Å². The van der Waals surface area contributed by atoms with E-state index < -0.39 is 0 Å². The largest absolute Gasteiger partial charge is 0.396 e. The van der Waals surface area contributed by atoms with Crippen molar-refractivity contribution in [1.82, 2.24) is 0 Å². The molecule has 0 aliphatic heterocycles. The molecule has 0 heterocycles. The molecular weight excluding hydrogens is 260 g/mol. The molecule has 2 N–H and O–H groups in total. The Labute approximate surface area is 132 Å². The lowest BCUT2D eigenvalue weighted by Gasteiger charge is -2.03. The van der Waals surface area contributed by atoms with Crippen molar-refractivity contribution in [2.75, 3.05) is 6.61 Å². The van der Waals surface area contributed by atoms with Gasteiger partial charge in [0.1, 0.15) is 0 Å². The normalized spacial score (nSPS) is 13.1. The van der Waals surface area contributed by atoms with Crippen LogP contribution in [0.25, 0.3) is 0 Å². The smallest absolute Gasteiger partial charge is 0.0720 e. The van der Waals surface area contributed by atoms with Gasteiger partial charge in [-0.1, -0.05) is 83.3 Å². The first kappa shape index (κ1) is 20.7. The van der Waals surface area contributed by atoms with Crippen LogP contribution in [0.2, 0.25) is 0 Å². The lowest BCUT2D eigenvalue weighted by molar-refractivity contribution is 0.209. The van der Waals surface area contributed by atoms with Crippen molar-refractivity contribution in [2.45, 2.75) is 103 Å². The van der Waals surface area contributed by atoms with Crippen LogP contribution in [0.5, 0.6) is 0 Å². The number of unbranched alkanes of at least 4 members (excludes halogenated alkanes) is 11. The molecule has 0 saturated carbocycles. The molecule has 0 aromatic rings. The van der Waals surface area contributed by atoms with Crippen LogP contribution in [0.1, 0.15) is 96.8 Å². The minimum Gasteiger partial charge on any atom is -0.396 e. The number of aliphatic hydroxyl groups excluding tert-OH is 2. The minimum atomic E-state index is -0.226. The Morgan fingerprint density at radius 3 is 1.81 bits per heavy atom. The fraction of sp³-hybridized carbons (Fsp3) is 0.895. The van der Waals surface area contributed by atoms with Crippen LogP contribution >= 0.6 is 0 Å². The Balaban J connectivity index is 3.13. The molecule has 0 amide bonds. The molecule has 0 aliphatic carbocycles. The van der Waals surface area contributed by atoms with Crippen LogP contribution < -0.4 is 0 Å². The monoisotopic (exact) mass is 298 g/mol. The Morgan fingerprint density at radius 2 is 1.29 bits per heavy atom. The fourth-order valence-corrected chi connectivity index (χ4v) is 2.55. The Morgan fingerprint density at radius 1 is 0.762 bits per heavy atom. The van der Waals surface area contributed by atoms with Crippen molar-refractivity contribution in [1.29, 1.82) is 0 Å². The van der Waals surface area contributed by atoms with E-state index in [1.165, 1.54) is 57.8 Å². The predicted octanol–water partition coefficient (Wildman–Crippen LogP) is 5.38. The van der Waals surface area contributed by atoms with Crippen molar-refractivity contribution in [3.63, 3.8) is 0 Å². The standard InChI is InChI=1S/C19H38O2/c1-2-3-16-19(21)17-14-12-10-8-6-4-5-7-9-11-13-15-18-20/h14,17,19-21H,2-13,15-16,18H2,1H3/b17-14+. The van der Waals surface area contributed by atoms with Gasteiger partial charge in [0.15, 0.2) is 0 Å². The molecule has 126 valence electrons. The second-order valence-corrected chi connectivity index (χ2v) is 6.19. The molecule has 0 aliphatic rings. The molecule has 2 nitrogen and oxygen atoms in total. The van der Waals surface area contributed by atoms with E-state index in [0.29, 0.717) is 6.61 Å². The summed E-state index contributed by atoms with van der Waals surface area (Å²) in [4.78, 5) is 0. The average molecular weight is 299 g/mol. The summed E-state index contributed by atoms with van der Waals surface area (Å²) in [6, 6.07) is 0. The van der Waals surface area contributed by atoms with Crippen molar-refractivity contribution >= 4 is 0 Å². The van der Waals surface area contributed by atoms with Gasteiger partial charge >= 0.3 is 0 Å². The first-order chi connectivity index (χ1) is 10.3. The van der Waals surface area contributed by atoms with E-state index in [4.69, 9.17) is 5.11 Å². The summed E-state index contributed by atoms with van der Waals surface area (Å²) in [6.45, 7) is 2.51. The SMILES string of the molecule is CCCCC(O)/C=C/CCCCCCCCCCCCO. The molecule has 0 aromatic carbocycles. The summed E-state index contributed by atoms with van der Waals surface area (Å²) in [5, 5.41) is 18.3. The van der Waals surface area contributed by atoms with Gasteiger partial charge in [-0.15, -0.1) is 0 Å². The van der Waals surface area contributed by atoms with Gasteiger partial charge in [0.25, 0.3) is 0 Å². The molecule has 0 aromatic heterocycles. The third kappa shape index (κ3) is 17.6. The van der Waals surface area contributed by atoms with Crippen LogP contribution in [0.4, 0.5) is 0 Å². The summed E-state index contributed by atoms with van der Waals surface area (Å²) in [7, 11) is 0. The molecule has 1 unspecified atom stereocenters. The molecule has 0 radical (unpaired) electrons. The number of rotatable bonds is 16. The van der Waals surface area contributed by atoms with Crippen LogP contribution in [-0.4, -0.2) is 22.9 Å². The zero-order chi connectivity index (χ0) is 15.6. The molecule has 0 rings (SSSR count). The molecule has 0 bridgehead atoms. The number of hydrogen-bond acceptors (Lipinski definition) is 2. The molecule has 0 saturated heterocycles. The summed E-state index contributed by atoms with van der Waals surface area (Å²) in [6.07, 6.45) is 21.0. The summed E-state index contributed by atoms with van der Waals surface area (Å²) in [5.41, 5.74) is 0. The first-order valence-corrected chi connectivity index (χ1v) is 9.26. The first-order valence-electron chi connectivity index (χ1n) is 9.26. The van der Waals surface area contributed by atoms with Crippen molar-refractivity contribution < 1.29 is 10.2 Å². The van der Waals surface area contributed by atoms with E-state index in [1.807, 2.05) is 6.08 Å². The third-order valence-electron chi connectivity index (χ3n) is 3.99. The predicted molar refractivity (Wildman–Crippen MR) is 92.5 cm³/mol. The van der Waals surface area contributed by atoms with E-state index >= 15 is 0 Å². The van der Waals surface area contributed by atoms with Gasteiger partial charge in [-0.3, -0.25) is 0 Å². The topological polar surface area (TPSA) is 40.5 Å². The van der Waals surface area contributed by atoms with Gasteiger partial charge in [0.05, 0.1) is 6.10 Å². The molecule has 21 heavy (non-hydrogen) atoms. The second-order valence-electron chi connectivity index (χ2n) is 6.19. The fourth-order valence-electron chi connectivity index (χ4n) is 2.55. The van der Waals surface area contributed by atoms with Gasteiger partial charge in [0.2, 0.25) is 0 Å². The van der Waals surface area contributed by atoms with E-state index in [2.05, 4.69) is 13.0 Å². The Kier molecular flexibility index (Phi) is 17.4. The Bertz CT molecular complexity index is 214. The highest BCUT2D eigenvalue weighted by Crippen LogP contribution is 2.11.